The number of anilines is 3. The van der Waals surface area contributed by atoms with E-state index in [2.05, 4.69) is 336 Å². The highest BCUT2D eigenvalue weighted by Crippen LogP contribution is 2.67. The monoisotopic (exact) mass is 1290 g/mol. The van der Waals surface area contributed by atoms with Gasteiger partial charge in [-0.1, -0.05) is 289 Å². The Kier molecular flexibility index (Phi) is 12.0. The number of benzene rings is 14. The number of hydrogen-bond donors (Lipinski definition) is 0. The lowest BCUT2D eigenvalue weighted by Gasteiger charge is -2.36. The molecular formula is C95H64N4O2. The van der Waals surface area contributed by atoms with E-state index in [0.717, 1.165) is 88.6 Å². The molecule has 14 aromatic carbocycles. The second kappa shape index (κ2) is 21.0. The Labute approximate surface area is 585 Å². The quantitative estimate of drug-likeness (QED) is 0.143. The molecule has 17 aromatic rings. The highest BCUT2D eigenvalue weighted by molar-refractivity contribution is 6.21. The van der Waals surface area contributed by atoms with Crippen molar-refractivity contribution in [1.29, 1.82) is 0 Å². The molecule has 0 unspecified atom stereocenters. The van der Waals surface area contributed by atoms with E-state index < -0.39 is 16.2 Å². The van der Waals surface area contributed by atoms with Gasteiger partial charge in [0.15, 0.2) is 11.6 Å². The predicted octanol–water partition coefficient (Wildman–Crippen LogP) is 23.8. The van der Waals surface area contributed by atoms with Gasteiger partial charge in [-0.25, -0.2) is 4.98 Å². The SMILES string of the molecule is CC1(C)c2ccccc2-c2c1c1c(c3c2oc2ccccc23)-c2ccc(N(c3ccc4c(c3)C(c3ccccc3)(c3ccccc3)c3cc5c(cc3-4)C(c3ccccc3)(c3ccccc3)c3ccc4oc6ccccc6c4c3-5)c3nc(-c4ccccc4)nc(-c4ccccc4)n3)cc2C1(C)C. The molecule has 6 nitrogen and oxygen atoms in total. The van der Waals surface area contributed by atoms with Gasteiger partial charge < -0.3 is 8.83 Å². The zero-order valence-electron chi connectivity index (χ0n) is 56.1. The maximum Gasteiger partial charge on any atom is 0.238 e. The third kappa shape index (κ3) is 7.74. The average Bonchev–Trinajstić information content (AvgIpc) is 1.53. The lowest BCUT2D eigenvalue weighted by atomic mass is 9.66. The number of hydrogen-bond acceptors (Lipinski definition) is 6. The fraction of sp³-hybridized carbons (Fsp3) is 0.0842. The molecule has 6 heteroatoms. The standard InChI is InChI=1S/C95H64N4O2/c1-92(2)72-44-26-23-41-66(72)85-87(92)86-83(84-69-43-25-28-46-79(69)101-88(84)85)67-50-48-63(53-74(67)93(86,3)4)99(91-97-89(57-29-11-5-12-30-57)96-90(98-91)58-31-13-6-14-32-58)64-47-49-65-70-55-77-71(56-76(70)95(75(65)54-64,61-37-19-9-20-38-61)62-39-21-10-22-40-62)81-73(51-52-80-82(81)68-42-24-27-45-78(68)100-80)94(77,59-33-15-7-16-34-59)60-35-17-8-18-36-60/h5-56H,1-4H3. The minimum Gasteiger partial charge on any atom is -0.456 e. The third-order valence-corrected chi connectivity index (χ3v) is 23.0. The summed E-state index contributed by atoms with van der Waals surface area (Å²) in [7, 11) is 0. The van der Waals surface area contributed by atoms with Gasteiger partial charge in [0.2, 0.25) is 5.95 Å². The summed E-state index contributed by atoms with van der Waals surface area (Å²) < 4.78 is 14.0. The van der Waals surface area contributed by atoms with E-state index in [9.17, 15) is 0 Å². The summed E-state index contributed by atoms with van der Waals surface area (Å²) in [5.41, 5.74) is 29.0. The van der Waals surface area contributed by atoms with E-state index >= 15 is 0 Å². The van der Waals surface area contributed by atoms with Gasteiger partial charge in [0.25, 0.3) is 0 Å². The van der Waals surface area contributed by atoms with Crippen LogP contribution in [-0.4, -0.2) is 15.0 Å². The van der Waals surface area contributed by atoms with Crippen molar-refractivity contribution in [3.63, 3.8) is 0 Å². The number of rotatable bonds is 9. The summed E-state index contributed by atoms with van der Waals surface area (Å²) in [5, 5.41) is 4.50. The Bertz CT molecular complexity index is 6180. The molecule has 0 fully saturated rings. The number of aromatic nitrogens is 3. The van der Waals surface area contributed by atoms with Crippen molar-refractivity contribution >= 4 is 61.2 Å². The lowest BCUT2D eigenvalue weighted by molar-refractivity contribution is 0.600. The predicted molar refractivity (Wildman–Crippen MR) is 410 cm³/mol. The minimum absolute atomic E-state index is 0.329. The first-order chi connectivity index (χ1) is 49.6. The molecule has 3 heterocycles. The van der Waals surface area contributed by atoms with Crippen LogP contribution in [0.2, 0.25) is 0 Å². The maximum atomic E-state index is 7.15. The minimum atomic E-state index is -0.865. The summed E-state index contributed by atoms with van der Waals surface area (Å²) in [6.45, 7) is 9.68. The zero-order chi connectivity index (χ0) is 67.1. The molecule has 476 valence electrons. The van der Waals surface area contributed by atoms with Gasteiger partial charge in [0.1, 0.15) is 22.3 Å². The average molecular weight is 1290 g/mol. The summed E-state index contributed by atoms with van der Waals surface area (Å²) >= 11 is 0. The van der Waals surface area contributed by atoms with Gasteiger partial charge in [0, 0.05) is 60.4 Å². The fourth-order valence-electron chi connectivity index (χ4n) is 18.8. The number of para-hydroxylation sites is 2. The summed E-state index contributed by atoms with van der Waals surface area (Å²) in [4.78, 5) is 18.9. The first kappa shape index (κ1) is 57.5. The van der Waals surface area contributed by atoms with Crippen molar-refractivity contribution in [3.05, 3.63) is 382 Å². The smallest absolute Gasteiger partial charge is 0.238 e. The molecule has 3 aromatic heterocycles. The Balaban J connectivity index is 0.861. The lowest BCUT2D eigenvalue weighted by Crippen LogP contribution is -2.30. The summed E-state index contributed by atoms with van der Waals surface area (Å²) in [5.74, 6) is 1.65. The van der Waals surface area contributed by atoms with Crippen LogP contribution in [0.4, 0.5) is 17.3 Å². The number of furan rings is 2. The van der Waals surface area contributed by atoms with Gasteiger partial charge in [0.05, 0.1) is 10.8 Å². The van der Waals surface area contributed by atoms with Crippen LogP contribution in [0.3, 0.4) is 0 Å². The second-order valence-electron chi connectivity index (χ2n) is 28.8. The van der Waals surface area contributed by atoms with E-state index in [4.69, 9.17) is 23.8 Å². The fourth-order valence-corrected chi connectivity index (χ4v) is 18.8. The third-order valence-electron chi connectivity index (χ3n) is 23.0. The molecule has 101 heavy (non-hydrogen) atoms. The molecule has 4 aliphatic rings. The largest absolute Gasteiger partial charge is 0.456 e. The molecule has 0 saturated heterocycles. The molecule has 0 atom stereocenters. The van der Waals surface area contributed by atoms with Crippen LogP contribution >= 0.6 is 0 Å². The molecule has 0 saturated carbocycles. The topological polar surface area (TPSA) is 68.2 Å². The van der Waals surface area contributed by atoms with Crippen molar-refractivity contribution in [2.24, 2.45) is 0 Å². The van der Waals surface area contributed by atoms with Gasteiger partial charge in [-0.2, -0.15) is 9.97 Å². The van der Waals surface area contributed by atoms with Crippen LogP contribution < -0.4 is 4.90 Å². The highest BCUT2D eigenvalue weighted by Gasteiger charge is 2.54. The highest BCUT2D eigenvalue weighted by atomic mass is 16.3. The zero-order valence-corrected chi connectivity index (χ0v) is 56.1. The van der Waals surface area contributed by atoms with Crippen LogP contribution in [0.1, 0.15) is 94.5 Å². The molecule has 0 spiro atoms. The Hall–Kier alpha value is -12.5. The first-order valence-corrected chi connectivity index (χ1v) is 35.1. The molecule has 0 aliphatic heterocycles. The van der Waals surface area contributed by atoms with E-state index in [0.29, 0.717) is 17.6 Å². The molecule has 0 radical (unpaired) electrons. The maximum absolute atomic E-state index is 7.15. The van der Waals surface area contributed by atoms with E-state index in [1.165, 1.54) is 89.0 Å². The number of fused-ring (bicyclic) bond motifs is 22. The molecule has 0 N–H and O–H groups in total. The van der Waals surface area contributed by atoms with Crippen molar-refractivity contribution < 1.29 is 8.83 Å². The van der Waals surface area contributed by atoms with Crippen LogP contribution in [0.15, 0.2) is 324 Å². The molecule has 4 aliphatic carbocycles. The molecule has 0 bridgehead atoms. The van der Waals surface area contributed by atoms with Gasteiger partial charge in [-0.3, -0.25) is 4.90 Å². The van der Waals surface area contributed by atoms with Gasteiger partial charge in [-0.05, 0) is 160 Å². The van der Waals surface area contributed by atoms with Crippen molar-refractivity contribution in [1.82, 2.24) is 15.0 Å². The van der Waals surface area contributed by atoms with Gasteiger partial charge in [-0.15, -0.1) is 0 Å². The van der Waals surface area contributed by atoms with E-state index in [-0.39, 0.29) is 5.41 Å². The molecule has 21 rings (SSSR count). The van der Waals surface area contributed by atoms with Crippen LogP contribution in [-0.2, 0) is 21.7 Å². The van der Waals surface area contributed by atoms with Crippen LogP contribution in [0, 0.1) is 0 Å². The van der Waals surface area contributed by atoms with Crippen LogP contribution in [0.5, 0.6) is 0 Å². The normalized spacial score (nSPS) is 14.9. The van der Waals surface area contributed by atoms with E-state index in [1.54, 1.807) is 0 Å². The van der Waals surface area contributed by atoms with Crippen molar-refractivity contribution in [2.75, 3.05) is 4.90 Å². The summed E-state index contributed by atoms with van der Waals surface area (Å²) in [6, 6.07) is 116. The van der Waals surface area contributed by atoms with Crippen molar-refractivity contribution in [2.45, 2.75) is 49.4 Å². The molecular weight excluding hydrogens is 1230 g/mol. The second-order valence-corrected chi connectivity index (χ2v) is 28.8. The molecule has 0 amide bonds. The van der Waals surface area contributed by atoms with Crippen molar-refractivity contribution in [3.8, 4) is 67.3 Å². The Morgan fingerprint density at radius 2 is 0.723 bits per heavy atom. The van der Waals surface area contributed by atoms with E-state index in [1.807, 2.05) is 12.1 Å². The number of nitrogens with zero attached hydrogens (tertiary/aromatic N) is 4. The van der Waals surface area contributed by atoms with Crippen LogP contribution in [0.25, 0.3) is 111 Å². The van der Waals surface area contributed by atoms with Gasteiger partial charge >= 0.3 is 0 Å². The first-order valence-electron chi connectivity index (χ1n) is 35.1. The Morgan fingerprint density at radius 1 is 0.287 bits per heavy atom. The summed E-state index contributed by atoms with van der Waals surface area (Å²) in [6.07, 6.45) is 0. The Morgan fingerprint density at radius 3 is 1.32 bits per heavy atom.